The number of benzene rings is 1. The van der Waals surface area contributed by atoms with Crippen molar-refractivity contribution in [3.63, 3.8) is 0 Å². The second kappa shape index (κ2) is 13.2. The average molecular weight is 593 g/mol. The number of rotatable bonds is 8. The van der Waals surface area contributed by atoms with Crippen LogP contribution in [-0.2, 0) is 54.0 Å². The molecule has 4 saturated heterocycles. The summed E-state index contributed by atoms with van der Waals surface area (Å²) in [6, 6.07) is 9.86. The summed E-state index contributed by atoms with van der Waals surface area (Å²) in [5, 5.41) is 0. The van der Waals surface area contributed by atoms with Crippen molar-refractivity contribution in [3.05, 3.63) is 35.9 Å². The molecule has 1 aromatic rings. The van der Waals surface area contributed by atoms with Gasteiger partial charge in [0.25, 0.3) is 0 Å². The van der Waals surface area contributed by atoms with Crippen LogP contribution in [0.1, 0.15) is 61.0 Å². The van der Waals surface area contributed by atoms with Crippen molar-refractivity contribution in [1.82, 2.24) is 0 Å². The van der Waals surface area contributed by atoms with Crippen LogP contribution in [0.3, 0.4) is 0 Å². The number of ether oxygens (including phenoxy) is 9. The molecule has 4 fully saturated rings. The van der Waals surface area contributed by atoms with E-state index in [0.29, 0.717) is 31.7 Å². The summed E-state index contributed by atoms with van der Waals surface area (Å²) in [6.07, 6.45) is -5.08. The molecule has 0 amide bonds. The predicted octanol–water partition coefficient (Wildman–Crippen LogP) is 4.43. The minimum Gasteiger partial charge on any atom is -0.457 e. The van der Waals surface area contributed by atoms with Gasteiger partial charge in [-0.15, -0.1) is 0 Å². The molecule has 0 spiro atoms. The monoisotopic (exact) mass is 592 g/mol. The second-order valence-corrected chi connectivity index (χ2v) is 12.9. The van der Waals surface area contributed by atoms with Gasteiger partial charge in [-0.05, 0) is 38.2 Å². The summed E-state index contributed by atoms with van der Waals surface area (Å²) in [5.41, 5.74) is 1.00. The first-order chi connectivity index (χ1) is 19.9. The second-order valence-electron chi connectivity index (χ2n) is 12.9. The fourth-order valence-corrected chi connectivity index (χ4v) is 6.46. The maximum Gasteiger partial charge on any atom is 0.303 e. The van der Waals surface area contributed by atoms with Crippen LogP contribution in [0.5, 0.6) is 0 Å². The van der Waals surface area contributed by atoms with E-state index < -0.39 is 42.6 Å². The van der Waals surface area contributed by atoms with Crippen LogP contribution >= 0.6 is 0 Å². The Bertz CT molecular complexity index is 1040. The summed E-state index contributed by atoms with van der Waals surface area (Å²) >= 11 is 0. The van der Waals surface area contributed by atoms with Gasteiger partial charge in [-0.3, -0.25) is 4.79 Å². The molecule has 0 bridgehead atoms. The highest BCUT2D eigenvalue weighted by Gasteiger charge is 2.55. The topological polar surface area (TPSA) is 100 Å². The van der Waals surface area contributed by atoms with E-state index in [0.717, 1.165) is 5.56 Å². The molecular formula is C32H48O10. The summed E-state index contributed by atoms with van der Waals surface area (Å²) in [7, 11) is 0. The zero-order chi connectivity index (χ0) is 30.2. The van der Waals surface area contributed by atoms with E-state index in [1.165, 1.54) is 6.92 Å². The Morgan fingerprint density at radius 3 is 2.24 bits per heavy atom. The van der Waals surface area contributed by atoms with Crippen molar-refractivity contribution in [1.29, 1.82) is 0 Å². The maximum atomic E-state index is 12.3. The molecule has 13 atom stereocenters. The third-order valence-electron chi connectivity index (χ3n) is 9.18. The van der Waals surface area contributed by atoms with Crippen molar-refractivity contribution in [3.8, 4) is 0 Å². The lowest BCUT2D eigenvalue weighted by Gasteiger charge is -2.48. The molecule has 0 saturated carbocycles. The van der Waals surface area contributed by atoms with Crippen LogP contribution in [0.25, 0.3) is 0 Å². The van der Waals surface area contributed by atoms with Gasteiger partial charge >= 0.3 is 5.97 Å². The largest absolute Gasteiger partial charge is 0.457 e. The molecule has 5 rings (SSSR count). The Morgan fingerprint density at radius 2 is 1.52 bits per heavy atom. The molecule has 4 unspecified atom stereocenters. The van der Waals surface area contributed by atoms with Crippen LogP contribution in [0.15, 0.2) is 30.3 Å². The molecule has 0 radical (unpaired) electrons. The zero-order valence-electron chi connectivity index (χ0n) is 26.1. The first kappa shape index (κ1) is 31.8. The molecule has 0 N–H and O–H groups in total. The number of esters is 1. The molecule has 4 heterocycles. The molecule has 1 aromatic carbocycles. The van der Waals surface area contributed by atoms with Crippen molar-refractivity contribution >= 4 is 5.97 Å². The SMILES string of the molecule is CC(=O)OC1[C@H](OC2[C@H](OCc3ccccc3)OC[C@@H]3OC(C)(C)O[C@@H]23)OC(C)[C@H](O[C@@H]2OC[C@@H](C)[C@H](C)C2C)[C@@H]1C. The smallest absolute Gasteiger partial charge is 0.303 e. The van der Waals surface area contributed by atoms with Gasteiger partial charge < -0.3 is 42.6 Å². The third-order valence-corrected chi connectivity index (χ3v) is 9.18. The molecule has 10 nitrogen and oxygen atoms in total. The Hall–Kier alpha value is -1.63. The summed E-state index contributed by atoms with van der Waals surface area (Å²) < 4.78 is 56.3. The van der Waals surface area contributed by atoms with Crippen LogP contribution in [0, 0.1) is 23.7 Å². The Kier molecular flexibility index (Phi) is 9.96. The third kappa shape index (κ3) is 7.02. The fourth-order valence-electron chi connectivity index (χ4n) is 6.46. The lowest BCUT2D eigenvalue weighted by Crippen LogP contribution is -2.61. The van der Waals surface area contributed by atoms with Crippen LogP contribution in [0.2, 0.25) is 0 Å². The van der Waals surface area contributed by atoms with E-state index in [-0.39, 0.29) is 36.4 Å². The Morgan fingerprint density at radius 1 is 0.833 bits per heavy atom. The number of fused-ring (bicyclic) bond motifs is 1. The van der Waals surface area contributed by atoms with E-state index in [9.17, 15) is 4.79 Å². The minimum atomic E-state index is -0.912. The Balaban J connectivity index is 1.34. The predicted molar refractivity (Wildman–Crippen MR) is 151 cm³/mol. The Labute approximate surface area is 249 Å². The maximum absolute atomic E-state index is 12.3. The van der Waals surface area contributed by atoms with Gasteiger partial charge in [0.2, 0.25) is 0 Å². The average Bonchev–Trinajstić information content (AvgIpc) is 3.27. The quantitative estimate of drug-likeness (QED) is 0.403. The first-order valence-corrected chi connectivity index (χ1v) is 15.3. The van der Waals surface area contributed by atoms with Gasteiger partial charge in [0, 0.05) is 18.8 Å². The number of hydrogen-bond donors (Lipinski definition) is 0. The molecular weight excluding hydrogens is 544 g/mol. The lowest BCUT2D eigenvalue weighted by atomic mass is 9.82. The van der Waals surface area contributed by atoms with Crippen molar-refractivity contribution in [2.75, 3.05) is 13.2 Å². The molecule has 0 aliphatic carbocycles. The minimum absolute atomic E-state index is 0.205. The van der Waals surface area contributed by atoms with E-state index in [4.69, 9.17) is 42.6 Å². The van der Waals surface area contributed by atoms with Crippen molar-refractivity contribution in [2.45, 2.75) is 123 Å². The molecule has 4 aliphatic heterocycles. The van der Waals surface area contributed by atoms with Gasteiger partial charge in [-0.2, -0.15) is 0 Å². The lowest BCUT2D eigenvalue weighted by molar-refractivity contribution is -0.357. The van der Waals surface area contributed by atoms with Crippen LogP contribution < -0.4 is 0 Å². The highest BCUT2D eigenvalue weighted by atomic mass is 16.8. The number of carbonyl (C=O) groups excluding carboxylic acids is 1. The summed E-state index contributed by atoms with van der Waals surface area (Å²) in [6.45, 7) is 16.9. The van der Waals surface area contributed by atoms with Crippen LogP contribution in [-0.4, -0.2) is 80.5 Å². The zero-order valence-corrected chi connectivity index (χ0v) is 26.1. The van der Waals surface area contributed by atoms with Gasteiger partial charge in [0.1, 0.15) is 18.3 Å². The van der Waals surface area contributed by atoms with E-state index in [2.05, 4.69) is 20.8 Å². The van der Waals surface area contributed by atoms with Gasteiger partial charge in [-0.1, -0.05) is 58.0 Å². The fraction of sp³-hybridized carbons (Fsp3) is 0.781. The van der Waals surface area contributed by atoms with Gasteiger partial charge in [0.05, 0.1) is 32.0 Å². The summed E-state index contributed by atoms with van der Waals surface area (Å²) in [5.74, 6) is -0.399. The van der Waals surface area contributed by atoms with Crippen molar-refractivity contribution in [2.24, 2.45) is 23.7 Å². The van der Waals surface area contributed by atoms with Gasteiger partial charge in [-0.25, -0.2) is 0 Å². The van der Waals surface area contributed by atoms with E-state index >= 15 is 0 Å². The van der Waals surface area contributed by atoms with Gasteiger partial charge in [0.15, 0.2) is 30.8 Å². The number of hydrogen-bond acceptors (Lipinski definition) is 10. The molecule has 10 heteroatoms. The standard InChI is InChI=1S/C32H48O10/c1-17-14-34-29(19(3)18(17)2)39-25-20(4)26(38-22(6)33)31(37-21(25)5)40-28-27-24(41-32(7,8)42-27)16-36-30(28)35-15-23-12-10-9-11-13-23/h9-13,17-21,24-31H,14-16H2,1-8H3/t17-,18+,19?,20+,21?,24+,25-,26?,27-,28?,29+,30-,31+/m1/s1. The van der Waals surface area contributed by atoms with Crippen LogP contribution in [0.4, 0.5) is 0 Å². The van der Waals surface area contributed by atoms with Crippen molar-refractivity contribution < 1.29 is 47.4 Å². The van der Waals surface area contributed by atoms with E-state index in [1.807, 2.05) is 58.0 Å². The molecule has 4 aliphatic rings. The first-order valence-electron chi connectivity index (χ1n) is 15.3. The highest BCUT2D eigenvalue weighted by Crippen LogP contribution is 2.40. The number of carbonyl (C=O) groups is 1. The molecule has 42 heavy (non-hydrogen) atoms. The molecule has 0 aromatic heterocycles. The van der Waals surface area contributed by atoms with E-state index in [1.54, 1.807) is 0 Å². The molecule has 236 valence electrons. The summed E-state index contributed by atoms with van der Waals surface area (Å²) in [4.78, 5) is 12.3. The normalized spacial score (nSPS) is 43.5. The highest BCUT2D eigenvalue weighted by molar-refractivity contribution is 5.66.